The zero-order chi connectivity index (χ0) is 14.6. The summed E-state index contributed by atoms with van der Waals surface area (Å²) in [7, 11) is 0. The van der Waals surface area contributed by atoms with E-state index in [1.54, 1.807) is 0 Å². The maximum absolute atomic E-state index is 12.2. The van der Waals surface area contributed by atoms with Gasteiger partial charge in [-0.15, -0.1) is 0 Å². The Bertz CT molecular complexity index is 794. The van der Waals surface area contributed by atoms with E-state index < -0.39 is 0 Å². The molecule has 0 unspecified atom stereocenters. The standard InChI is InChI=1S/C15H12BrN3O2/c1-7-11-12(8-3-2-4-9(16)5-8)13-10(6-21-15(13)20)17-14(11)19-18-7/h2-5,12H,6H2,1H3,(H2,17,18,19)/t12-/m1/s1. The molecule has 2 N–H and O–H groups in total. The van der Waals surface area contributed by atoms with Gasteiger partial charge in [0.1, 0.15) is 6.61 Å². The molecule has 0 amide bonds. The number of hydrogen-bond donors (Lipinski definition) is 2. The lowest BCUT2D eigenvalue weighted by Crippen LogP contribution is -2.19. The molecule has 106 valence electrons. The van der Waals surface area contributed by atoms with Crippen molar-refractivity contribution in [2.45, 2.75) is 12.8 Å². The largest absolute Gasteiger partial charge is 0.456 e. The van der Waals surface area contributed by atoms with Gasteiger partial charge in [0.2, 0.25) is 0 Å². The Kier molecular flexibility index (Phi) is 2.68. The lowest BCUT2D eigenvalue weighted by atomic mass is 9.82. The first-order valence-corrected chi connectivity index (χ1v) is 7.42. The summed E-state index contributed by atoms with van der Waals surface area (Å²) in [6.45, 7) is 2.24. The molecule has 1 atom stereocenters. The lowest BCUT2D eigenvalue weighted by molar-refractivity contribution is -0.136. The topological polar surface area (TPSA) is 67.0 Å². The third-order valence-electron chi connectivity index (χ3n) is 3.92. The highest BCUT2D eigenvalue weighted by Crippen LogP contribution is 2.44. The van der Waals surface area contributed by atoms with E-state index in [4.69, 9.17) is 4.74 Å². The van der Waals surface area contributed by atoms with Crippen LogP contribution in [0.15, 0.2) is 40.0 Å². The number of carbonyl (C=O) groups is 1. The number of benzene rings is 1. The first-order chi connectivity index (χ1) is 10.1. The van der Waals surface area contributed by atoms with Crippen molar-refractivity contribution in [1.29, 1.82) is 0 Å². The number of nitrogens with zero attached hydrogens (tertiary/aromatic N) is 1. The number of carbonyl (C=O) groups excluding carboxylic acids is 1. The first-order valence-electron chi connectivity index (χ1n) is 6.62. The van der Waals surface area contributed by atoms with Crippen molar-refractivity contribution in [2.24, 2.45) is 0 Å². The fourth-order valence-corrected chi connectivity index (χ4v) is 3.42. The molecule has 0 saturated heterocycles. The van der Waals surface area contributed by atoms with Crippen molar-refractivity contribution >= 4 is 27.7 Å². The fraction of sp³-hybridized carbons (Fsp3) is 0.200. The predicted molar refractivity (Wildman–Crippen MR) is 80.9 cm³/mol. The summed E-state index contributed by atoms with van der Waals surface area (Å²) in [4.78, 5) is 12.2. The van der Waals surface area contributed by atoms with Gasteiger partial charge in [-0.2, -0.15) is 5.10 Å². The van der Waals surface area contributed by atoms with Gasteiger partial charge in [0.25, 0.3) is 0 Å². The number of aromatic amines is 1. The number of rotatable bonds is 1. The Labute approximate surface area is 129 Å². The van der Waals surface area contributed by atoms with E-state index in [1.165, 1.54) is 0 Å². The maximum atomic E-state index is 12.2. The molecule has 1 aromatic heterocycles. The molecule has 0 radical (unpaired) electrons. The normalized spacial score (nSPS) is 19.9. The first kappa shape index (κ1) is 12.6. The van der Waals surface area contributed by atoms with Crippen LogP contribution < -0.4 is 5.32 Å². The van der Waals surface area contributed by atoms with Gasteiger partial charge in [-0.25, -0.2) is 4.79 Å². The molecule has 6 heteroatoms. The minimum Gasteiger partial charge on any atom is -0.456 e. The van der Waals surface area contributed by atoms with Crippen LogP contribution >= 0.6 is 15.9 Å². The van der Waals surface area contributed by atoms with E-state index in [0.29, 0.717) is 5.57 Å². The average Bonchev–Trinajstić information content (AvgIpc) is 3.02. The molecule has 4 rings (SSSR count). The number of aryl methyl sites for hydroxylation is 1. The molecule has 2 aromatic rings. The van der Waals surface area contributed by atoms with Crippen LogP contribution in [0.3, 0.4) is 0 Å². The molecule has 21 heavy (non-hydrogen) atoms. The summed E-state index contributed by atoms with van der Waals surface area (Å²) >= 11 is 3.49. The van der Waals surface area contributed by atoms with E-state index in [9.17, 15) is 4.79 Å². The zero-order valence-corrected chi connectivity index (χ0v) is 12.8. The minimum atomic E-state index is -0.256. The number of esters is 1. The van der Waals surface area contributed by atoms with Crippen molar-refractivity contribution in [3.8, 4) is 0 Å². The number of hydrogen-bond acceptors (Lipinski definition) is 4. The number of anilines is 1. The van der Waals surface area contributed by atoms with Gasteiger partial charge in [0, 0.05) is 21.6 Å². The van der Waals surface area contributed by atoms with Crippen molar-refractivity contribution in [1.82, 2.24) is 10.2 Å². The van der Waals surface area contributed by atoms with Gasteiger partial charge in [0.05, 0.1) is 11.3 Å². The SMILES string of the molecule is Cc1[nH]nc2c1[C@@H](c1cccc(Br)c1)C1=C(COC1=O)N2. The highest BCUT2D eigenvalue weighted by atomic mass is 79.9. The number of H-pyrrole nitrogens is 1. The molecule has 2 aliphatic rings. The van der Waals surface area contributed by atoms with Crippen LogP contribution in [-0.2, 0) is 9.53 Å². The minimum absolute atomic E-state index is 0.150. The lowest BCUT2D eigenvalue weighted by Gasteiger charge is -2.24. The van der Waals surface area contributed by atoms with Crippen molar-refractivity contribution < 1.29 is 9.53 Å². The molecular weight excluding hydrogens is 334 g/mol. The Morgan fingerprint density at radius 3 is 3.10 bits per heavy atom. The second-order valence-electron chi connectivity index (χ2n) is 5.19. The smallest absolute Gasteiger partial charge is 0.337 e. The molecule has 1 aromatic carbocycles. The van der Waals surface area contributed by atoms with Gasteiger partial charge in [-0.3, -0.25) is 5.10 Å². The molecule has 2 aliphatic heterocycles. The van der Waals surface area contributed by atoms with Gasteiger partial charge in [-0.05, 0) is 24.6 Å². The second kappa shape index (κ2) is 4.46. The maximum Gasteiger partial charge on any atom is 0.337 e. The summed E-state index contributed by atoms with van der Waals surface area (Å²) in [5.74, 6) is 0.366. The number of nitrogens with one attached hydrogen (secondary N) is 2. The molecule has 0 aliphatic carbocycles. The van der Waals surface area contributed by atoms with Crippen LogP contribution in [0.2, 0.25) is 0 Å². The van der Waals surface area contributed by atoms with E-state index >= 15 is 0 Å². The van der Waals surface area contributed by atoms with Crippen LogP contribution in [-0.4, -0.2) is 22.8 Å². The summed E-state index contributed by atoms with van der Waals surface area (Å²) < 4.78 is 6.18. The third-order valence-corrected chi connectivity index (χ3v) is 4.41. The molecule has 0 spiro atoms. The monoisotopic (exact) mass is 345 g/mol. The summed E-state index contributed by atoms with van der Waals surface area (Å²) in [5.41, 5.74) is 4.50. The van der Waals surface area contributed by atoms with E-state index in [-0.39, 0.29) is 18.5 Å². The van der Waals surface area contributed by atoms with Gasteiger partial charge in [0.15, 0.2) is 5.82 Å². The molecular formula is C15H12BrN3O2. The molecule has 3 heterocycles. The summed E-state index contributed by atoms with van der Waals surface area (Å²) in [6.07, 6.45) is 0. The second-order valence-corrected chi connectivity index (χ2v) is 6.11. The van der Waals surface area contributed by atoms with Crippen molar-refractivity contribution in [3.63, 3.8) is 0 Å². The van der Waals surface area contributed by atoms with E-state index in [1.807, 2.05) is 31.2 Å². The summed E-state index contributed by atoms with van der Waals surface area (Å²) in [6, 6.07) is 7.99. The Morgan fingerprint density at radius 1 is 1.43 bits per heavy atom. The highest BCUT2D eigenvalue weighted by molar-refractivity contribution is 9.10. The molecule has 5 nitrogen and oxygen atoms in total. The Morgan fingerprint density at radius 2 is 2.29 bits per heavy atom. The number of cyclic esters (lactones) is 1. The Hall–Kier alpha value is -2.08. The van der Waals surface area contributed by atoms with Crippen molar-refractivity contribution in [3.05, 3.63) is 56.8 Å². The average molecular weight is 346 g/mol. The third kappa shape index (κ3) is 1.82. The predicted octanol–water partition coefficient (Wildman–Crippen LogP) is 2.85. The number of halogens is 1. The molecule has 0 saturated carbocycles. The van der Waals surface area contributed by atoms with Crippen LogP contribution in [0.4, 0.5) is 5.82 Å². The Balaban J connectivity index is 1.96. The molecule has 0 fully saturated rings. The van der Waals surface area contributed by atoms with Crippen molar-refractivity contribution in [2.75, 3.05) is 11.9 Å². The van der Waals surface area contributed by atoms with Crippen LogP contribution in [0.5, 0.6) is 0 Å². The fourth-order valence-electron chi connectivity index (χ4n) is 3.00. The van der Waals surface area contributed by atoms with E-state index in [0.717, 1.165) is 32.8 Å². The van der Waals surface area contributed by atoms with Crippen LogP contribution in [0.1, 0.15) is 22.7 Å². The number of fused-ring (bicyclic) bond motifs is 1. The van der Waals surface area contributed by atoms with E-state index in [2.05, 4.69) is 31.4 Å². The zero-order valence-electron chi connectivity index (χ0n) is 11.2. The highest BCUT2D eigenvalue weighted by Gasteiger charge is 2.40. The van der Waals surface area contributed by atoms with Crippen LogP contribution in [0, 0.1) is 6.92 Å². The van der Waals surface area contributed by atoms with Gasteiger partial charge >= 0.3 is 5.97 Å². The quantitative estimate of drug-likeness (QED) is 0.780. The summed E-state index contributed by atoms with van der Waals surface area (Å²) in [5, 5.41) is 10.5. The van der Waals surface area contributed by atoms with Gasteiger partial charge in [-0.1, -0.05) is 28.1 Å². The van der Waals surface area contributed by atoms with Gasteiger partial charge < -0.3 is 10.1 Å². The number of ether oxygens (including phenoxy) is 1. The molecule has 0 bridgehead atoms. The number of aromatic nitrogens is 2. The van der Waals surface area contributed by atoms with Crippen LogP contribution in [0.25, 0.3) is 0 Å².